The highest BCUT2D eigenvalue weighted by Crippen LogP contribution is 2.27. The largest absolute Gasteiger partial charge is 0.317 e. The van der Waals surface area contributed by atoms with Gasteiger partial charge < -0.3 is 4.57 Å². The van der Waals surface area contributed by atoms with Crippen LogP contribution in [0.5, 0.6) is 0 Å². The molecule has 0 saturated heterocycles. The molecule has 0 saturated carbocycles. The molecule has 0 aliphatic rings. The minimum Gasteiger partial charge on any atom is -0.317 e. The number of benzene rings is 2. The van der Waals surface area contributed by atoms with Gasteiger partial charge in [-0.15, -0.1) is 10.2 Å². The van der Waals surface area contributed by atoms with Gasteiger partial charge in [0.15, 0.2) is 0 Å². The molecule has 4 aromatic rings. The van der Waals surface area contributed by atoms with Gasteiger partial charge in [0.2, 0.25) is 5.13 Å². The Morgan fingerprint density at radius 1 is 1.12 bits per heavy atom. The molecule has 0 aliphatic heterocycles. The van der Waals surface area contributed by atoms with Crippen LogP contribution in [0, 0.1) is 31.0 Å². The Morgan fingerprint density at radius 2 is 1.91 bits per heavy atom. The zero-order valence-corrected chi connectivity index (χ0v) is 18.2. The average molecular weight is 444 g/mol. The summed E-state index contributed by atoms with van der Waals surface area (Å²) in [5, 5.41) is 21.0. The van der Waals surface area contributed by atoms with Crippen molar-refractivity contribution in [3.63, 3.8) is 0 Å². The van der Waals surface area contributed by atoms with Crippen molar-refractivity contribution in [2.45, 2.75) is 13.8 Å². The average Bonchev–Trinajstić information content (AvgIpc) is 3.44. The molecule has 1 amide bonds. The second-order valence-corrected chi connectivity index (χ2v) is 8.04. The van der Waals surface area contributed by atoms with Gasteiger partial charge in [0, 0.05) is 23.1 Å². The number of hydrogen-bond acceptors (Lipinski definition) is 5. The van der Waals surface area contributed by atoms with Crippen molar-refractivity contribution in [3.05, 3.63) is 89.0 Å². The predicted octanol–water partition coefficient (Wildman–Crippen LogP) is 5.30. The summed E-state index contributed by atoms with van der Waals surface area (Å²) in [7, 11) is 0. The van der Waals surface area contributed by atoms with Crippen LogP contribution >= 0.6 is 11.3 Å². The number of carbonyl (C=O) groups is 1. The number of nitrogens with one attached hydrogen (secondary N) is 1. The number of aryl methyl sites for hydroxylation is 1. The van der Waals surface area contributed by atoms with E-state index in [2.05, 4.69) is 15.5 Å². The van der Waals surface area contributed by atoms with Gasteiger partial charge in [-0.2, -0.15) is 5.26 Å². The van der Waals surface area contributed by atoms with E-state index in [0.29, 0.717) is 16.3 Å². The van der Waals surface area contributed by atoms with Crippen molar-refractivity contribution in [1.29, 1.82) is 5.26 Å². The number of nitriles is 1. The van der Waals surface area contributed by atoms with Crippen molar-refractivity contribution in [3.8, 4) is 22.3 Å². The van der Waals surface area contributed by atoms with Gasteiger partial charge in [-0.1, -0.05) is 23.5 Å². The van der Waals surface area contributed by atoms with E-state index in [1.54, 1.807) is 18.2 Å². The Labute approximate surface area is 188 Å². The summed E-state index contributed by atoms with van der Waals surface area (Å²) >= 11 is 1.14. The van der Waals surface area contributed by atoms with Crippen molar-refractivity contribution in [1.82, 2.24) is 14.8 Å². The molecule has 0 aliphatic carbocycles. The number of rotatable bonds is 5. The molecule has 0 unspecified atom stereocenters. The first-order valence-corrected chi connectivity index (χ1v) is 10.5. The molecule has 0 spiro atoms. The summed E-state index contributed by atoms with van der Waals surface area (Å²) < 4.78 is 15.0. The van der Waals surface area contributed by atoms with E-state index in [1.807, 2.05) is 61.0 Å². The Kier molecular flexibility index (Phi) is 5.92. The molecule has 32 heavy (non-hydrogen) atoms. The number of halogens is 1. The van der Waals surface area contributed by atoms with E-state index < -0.39 is 5.91 Å². The van der Waals surface area contributed by atoms with Gasteiger partial charge in [-0.3, -0.25) is 10.1 Å². The normalized spacial score (nSPS) is 11.2. The topological polar surface area (TPSA) is 83.6 Å². The highest BCUT2D eigenvalue weighted by molar-refractivity contribution is 7.18. The lowest BCUT2D eigenvalue weighted by Crippen LogP contribution is -2.13. The van der Waals surface area contributed by atoms with Crippen molar-refractivity contribution < 1.29 is 9.18 Å². The van der Waals surface area contributed by atoms with Crippen molar-refractivity contribution in [2.24, 2.45) is 0 Å². The lowest BCUT2D eigenvalue weighted by molar-refractivity contribution is -0.112. The molecule has 0 atom stereocenters. The monoisotopic (exact) mass is 443 g/mol. The summed E-state index contributed by atoms with van der Waals surface area (Å²) in [4.78, 5) is 12.7. The van der Waals surface area contributed by atoms with Crippen LogP contribution in [0.2, 0.25) is 0 Å². The summed E-state index contributed by atoms with van der Waals surface area (Å²) in [5.41, 5.74) is 4.57. The summed E-state index contributed by atoms with van der Waals surface area (Å²) in [6.45, 7) is 4.07. The fourth-order valence-corrected chi connectivity index (χ4v) is 3.92. The van der Waals surface area contributed by atoms with E-state index >= 15 is 0 Å². The van der Waals surface area contributed by atoms with Gasteiger partial charge in [-0.25, -0.2) is 4.39 Å². The third-order valence-corrected chi connectivity index (χ3v) is 5.90. The number of nitrogens with zero attached hydrogens (tertiary/aromatic N) is 4. The molecule has 0 fully saturated rings. The second kappa shape index (κ2) is 8.96. The van der Waals surface area contributed by atoms with Crippen LogP contribution in [0.25, 0.3) is 22.3 Å². The number of anilines is 1. The molecule has 4 rings (SSSR count). The van der Waals surface area contributed by atoms with Crippen LogP contribution in [0.15, 0.2) is 66.4 Å². The molecule has 0 radical (unpaired) electrons. The van der Waals surface area contributed by atoms with Crippen molar-refractivity contribution >= 4 is 28.5 Å². The standard InChI is InChI=1S/C24H18FN5OS/c1-15-5-3-7-21(16(15)2)30-12-4-6-20(30)13-18(14-26)22(31)27-24-29-28-23(32-24)17-8-10-19(25)11-9-17/h3-13H,1-2H3,(H,27,29,31)/b18-13-. The van der Waals surface area contributed by atoms with Crippen LogP contribution in [0.4, 0.5) is 9.52 Å². The fourth-order valence-electron chi connectivity index (χ4n) is 3.17. The van der Waals surface area contributed by atoms with Crippen LogP contribution in [0.1, 0.15) is 16.8 Å². The SMILES string of the molecule is Cc1cccc(-n2cccc2/C=C(/C#N)C(=O)Nc2nnc(-c3ccc(F)cc3)s2)c1C. The molecule has 2 aromatic heterocycles. The Hall–Kier alpha value is -4.09. The highest BCUT2D eigenvalue weighted by atomic mass is 32.1. The quantitative estimate of drug-likeness (QED) is 0.335. The highest BCUT2D eigenvalue weighted by Gasteiger charge is 2.15. The van der Waals surface area contributed by atoms with Gasteiger partial charge in [0.05, 0.1) is 0 Å². The third-order valence-electron chi connectivity index (χ3n) is 5.01. The van der Waals surface area contributed by atoms with Crippen molar-refractivity contribution in [2.75, 3.05) is 5.32 Å². The number of hydrogen-bond donors (Lipinski definition) is 1. The van der Waals surface area contributed by atoms with E-state index in [4.69, 9.17) is 0 Å². The lowest BCUT2D eigenvalue weighted by Gasteiger charge is -2.12. The molecule has 1 N–H and O–H groups in total. The Balaban J connectivity index is 1.57. The van der Waals surface area contributed by atoms with Crippen LogP contribution in [-0.4, -0.2) is 20.7 Å². The van der Waals surface area contributed by atoms with Gasteiger partial charge in [0.1, 0.15) is 22.5 Å². The molecule has 158 valence electrons. The van der Waals surface area contributed by atoms with E-state index in [0.717, 1.165) is 28.2 Å². The maximum absolute atomic E-state index is 13.1. The lowest BCUT2D eigenvalue weighted by atomic mass is 10.1. The second-order valence-electron chi connectivity index (χ2n) is 7.07. The first-order chi connectivity index (χ1) is 15.5. The molecular weight excluding hydrogens is 425 g/mol. The molecule has 0 bridgehead atoms. The Morgan fingerprint density at radius 3 is 2.66 bits per heavy atom. The third kappa shape index (κ3) is 4.33. The molecule has 2 heterocycles. The summed E-state index contributed by atoms with van der Waals surface area (Å²) in [6, 6.07) is 17.5. The molecule has 6 nitrogen and oxygen atoms in total. The molecular formula is C24H18FN5OS. The minimum atomic E-state index is -0.581. The first-order valence-electron chi connectivity index (χ1n) is 9.73. The maximum atomic E-state index is 13.1. The van der Waals surface area contributed by atoms with Crippen LogP contribution in [-0.2, 0) is 4.79 Å². The van der Waals surface area contributed by atoms with Gasteiger partial charge in [0.25, 0.3) is 5.91 Å². The van der Waals surface area contributed by atoms with E-state index in [-0.39, 0.29) is 16.5 Å². The number of carbonyl (C=O) groups excluding carboxylic acids is 1. The van der Waals surface area contributed by atoms with E-state index in [9.17, 15) is 14.4 Å². The first kappa shape index (κ1) is 21.2. The number of aromatic nitrogens is 3. The molecule has 8 heteroatoms. The van der Waals surface area contributed by atoms with E-state index in [1.165, 1.54) is 12.1 Å². The zero-order chi connectivity index (χ0) is 22.7. The number of amides is 1. The van der Waals surface area contributed by atoms with Crippen LogP contribution in [0.3, 0.4) is 0 Å². The maximum Gasteiger partial charge on any atom is 0.268 e. The fraction of sp³-hybridized carbons (Fsp3) is 0.0833. The molecule has 2 aromatic carbocycles. The summed E-state index contributed by atoms with van der Waals surface area (Å²) in [5.74, 6) is -0.927. The zero-order valence-electron chi connectivity index (χ0n) is 17.3. The van der Waals surface area contributed by atoms with Crippen LogP contribution < -0.4 is 5.32 Å². The smallest absolute Gasteiger partial charge is 0.268 e. The Bertz CT molecular complexity index is 1360. The minimum absolute atomic E-state index is 0.0613. The predicted molar refractivity (Wildman–Crippen MR) is 123 cm³/mol. The van der Waals surface area contributed by atoms with Gasteiger partial charge in [-0.05, 0) is 73.5 Å². The summed E-state index contributed by atoms with van der Waals surface area (Å²) in [6.07, 6.45) is 3.43. The van der Waals surface area contributed by atoms with Gasteiger partial charge >= 0.3 is 0 Å².